The molecule has 0 bridgehead atoms. The van der Waals surface area contributed by atoms with Crippen LogP contribution in [0.2, 0.25) is 0 Å². The lowest BCUT2D eigenvalue weighted by Gasteiger charge is -2.13. The molecule has 0 spiro atoms. The van der Waals surface area contributed by atoms with E-state index in [1.165, 1.54) is 0 Å². The molecule has 0 aliphatic carbocycles. The number of amides is 1. The average molecular weight is 274 g/mol. The Kier molecular flexibility index (Phi) is 4.05. The van der Waals surface area contributed by atoms with Gasteiger partial charge in [0.25, 0.3) is 0 Å². The van der Waals surface area contributed by atoms with E-state index in [-0.39, 0.29) is 6.42 Å². The van der Waals surface area contributed by atoms with Crippen molar-refractivity contribution >= 4 is 23.0 Å². The fourth-order valence-corrected chi connectivity index (χ4v) is 1.97. The lowest BCUT2D eigenvalue weighted by Crippen LogP contribution is -2.42. The Bertz CT molecular complexity index is 647. The largest absolute Gasteiger partial charge is 0.480 e. The molecule has 1 aromatic heterocycles. The van der Waals surface area contributed by atoms with Gasteiger partial charge in [-0.3, -0.25) is 0 Å². The summed E-state index contributed by atoms with van der Waals surface area (Å²) >= 11 is 0. The van der Waals surface area contributed by atoms with Crippen LogP contribution in [0.3, 0.4) is 0 Å². The van der Waals surface area contributed by atoms with E-state index in [1.54, 1.807) is 6.20 Å². The highest BCUT2D eigenvalue weighted by Crippen LogP contribution is 2.19. The molecule has 0 fully saturated rings. The van der Waals surface area contributed by atoms with Crippen LogP contribution >= 0.6 is 0 Å². The first-order valence-electron chi connectivity index (χ1n) is 5.97. The lowest BCUT2D eigenvalue weighted by molar-refractivity contribution is -0.139. The molecule has 0 saturated heterocycles. The van der Waals surface area contributed by atoms with Crippen LogP contribution < -0.4 is 5.32 Å². The number of ether oxygens (including phenoxy) is 1. The molecular formula is C14H14N2O4. The molecule has 3 N–H and O–H groups in total. The van der Waals surface area contributed by atoms with Crippen LogP contribution in [0, 0.1) is 0 Å². The van der Waals surface area contributed by atoms with Gasteiger partial charge < -0.3 is 20.1 Å². The Balaban J connectivity index is 2.17. The van der Waals surface area contributed by atoms with Gasteiger partial charge in [0.2, 0.25) is 0 Å². The second-order valence-corrected chi connectivity index (χ2v) is 4.17. The Morgan fingerprint density at radius 3 is 2.90 bits per heavy atom. The molecule has 1 unspecified atom stereocenters. The summed E-state index contributed by atoms with van der Waals surface area (Å²) < 4.78 is 4.47. The highest BCUT2D eigenvalue weighted by molar-refractivity contribution is 5.85. The van der Waals surface area contributed by atoms with Crippen molar-refractivity contribution in [1.29, 1.82) is 0 Å². The predicted octanol–water partition coefficient (Wildman–Crippen LogP) is 2.03. The zero-order valence-corrected chi connectivity index (χ0v) is 10.6. The monoisotopic (exact) mass is 274 g/mol. The maximum absolute atomic E-state index is 11.3. The first-order valence-corrected chi connectivity index (χ1v) is 5.97. The van der Waals surface area contributed by atoms with Crippen molar-refractivity contribution in [3.05, 3.63) is 48.9 Å². The van der Waals surface area contributed by atoms with Crippen molar-refractivity contribution in [2.75, 3.05) is 0 Å². The molecule has 1 heterocycles. The molecule has 0 saturated carbocycles. The summed E-state index contributed by atoms with van der Waals surface area (Å²) in [6, 6.07) is 6.48. The maximum atomic E-state index is 11.3. The lowest BCUT2D eigenvalue weighted by atomic mass is 10.1. The van der Waals surface area contributed by atoms with Crippen LogP contribution in [0.1, 0.15) is 5.56 Å². The first-order chi connectivity index (χ1) is 9.61. The highest BCUT2D eigenvalue weighted by Gasteiger charge is 2.22. The zero-order valence-electron chi connectivity index (χ0n) is 10.6. The van der Waals surface area contributed by atoms with Gasteiger partial charge in [-0.05, 0) is 11.6 Å². The van der Waals surface area contributed by atoms with E-state index in [9.17, 15) is 9.59 Å². The van der Waals surface area contributed by atoms with Gasteiger partial charge in [0, 0.05) is 23.5 Å². The molecule has 0 aliphatic heterocycles. The smallest absolute Gasteiger partial charge is 0.412 e. The SMILES string of the molecule is C=COC(=O)NC(Cc1c[nH]c2ccccc12)C(=O)O. The fourth-order valence-electron chi connectivity index (χ4n) is 1.97. The first kappa shape index (κ1) is 13.7. The van der Waals surface area contributed by atoms with E-state index < -0.39 is 18.1 Å². The van der Waals surface area contributed by atoms with Crippen molar-refractivity contribution < 1.29 is 19.4 Å². The van der Waals surface area contributed by atoms with Gasteiger partial charge in [-0.2, -0.15) is 0 Å². The fraction of sp³-hybridized carbons (Fsp3) is 0.143. The number of alkyl carbamates (subject to hydrolysis) is 1. The maximum Gasteiger partial charge on any atom is 0.412 e. The predicted molar refractivity (Wildman–Crippen MR) is 73.2 cm³/mol. The second-order valence-electron chi connectivity index (χ2n) is 4.17. The van der Waals surface area contributed by atoms with E-state index in [0.29, 0.717) is 0 Å². The summed E-state index contributed by atoms with van der Waals surface area (Å²) in [6.45, 7) is 3.23. The van der Waals surface area contributed by atoms with E-state index in [1.807, 2.05) is 24.3 Å². The number of benzene rings is 1. The van der Waals surface area contributed by atoms with Crippen LogP contribution in [0.15, 0.2) is 43.3 Å². The third kappa shape index (κ3) is 2.97. The van der Waals surface area contributed by atoms with Gasteiger partial charge in [0.1, 0.15) is 6.04 Å². The molecule has 0 radical (unpaired) electrons. The van der Waals surface area contributed by atoms with Gasteiger partial charge in [-0.25, -0.2) is 9.59 Å². The number of hydrogen-bond donors (Lipinski definition) is 3. The molecular weight excluding hydrogens is 260 g/mol. The minimum atomic E-state index is -1.13. The van der Waals surface area contributed by atoms with Gasteiger partial charge in [-0.1, -0.05) is 24.8 Å². The van der Waals surface area contributed by atoms with Gasteiger partial charge in [-0.15, -0.1) is 0 Å². The summed E-state index contributed by atoms with van der Waals surface area (Å²) in [5.41, 5.74) is 1.73. The number of H-pyrrole nitrogens is 1. The number of aromatic amines is 1. The summed E-state index contributed by atoms with van der Waals surface area (Å²) in [5, 5.41) is 12.4. The number of carboxylic acid groups (broad SMARTS) is 1. The standard InChI is InChI=1S/C14H14N2O4/c1-2-20-14(19)16-12(13(17)18)7-9-8-15-11-6-4-3-5-10(9)11/h2-6,8,12,15H,1,7H2,(H,16,19)(H,17,18). The van der Waals surface area contributed by atoms with Crippen molar-refractivity contribution in [2.24, 2.45) is 0 Å². The number of carbonyl (C=O) groups is 2. The molecule has 6 heteroatoms. The van der Waals surface area contributed by atoms with E-state index in [2.05, 4.69) is 21.6 Å². The summed E-state index contributed by atoms with van der Waals surface area (Å²) in [5.74, 6) is -1.13. The average Bonchev–Trinajstić information content (AvgIpc) is 2.82. The van der Waals surface area contributed by atoms with Crippen LogP contribution in [0.25, 0.3) is 10.9 Å². The summed E-state index contributed by atoms with van der Waals surface area (Å²) in [4.78, 5) is 25.5. The molecule has 20 heavy (non-hydrogen) atoms. The number of carboxylic acids is 1. The van der Waals surface area contributed by atoms with E-state index in [0.717, 1.165) is 22.7 Å². The second kappa shape index (κ2) is 5.92. The number of carbonyl (C=O) groups excluding carboxylic acids is 1. The zero-order chi connectivity index (χ0) is 14.5. The van der Waals surface area contributed by atoms with Crippen molar-refractivity contribution in [1.82, 2.24) is 10.3 Å². The molecule has 1 aromatic carbocycles. The van der Waals surface area contributed by atoms with Crippen LogP contribution in [0.4, 0.5) is 4.79 Å². The summed E-state index contributed by atoms with van der Waals surface area (Å²) in [7, 11) is 0. The minimum Gasteiger partial charge on any atom is -0.480 e. The topological polar surface area (TPSA) is 91.4 Å². The number of nitrogens with one attached hydrogen (secondary N) is 2. The quantitative estimate of drug-likeness (QED) is 0.727. The van der Waals surface area contributed by atoms with Gasteiger partial charge in [0.15, 0.2) is 0 Å². The van der Waals surface area contributed by atoms with Crippen molar-refractivity contribution in [3.63, 3.8) is 0 Å². The van der Waals surface area contributed by atoms with E-state index in [4.69, 9.17) is 5.11 Å². The molecule has 2 rings (SSSR count). The molecule has 1 amide bonds. The van der Waals surface area contributed by atoms with Crippen LogP contribution in [0.5, 0.6) is 0 Å². The Labute approximate surface area is 115 Å². The number of aromatic nitrogens is 1. The number of hydrogen-bond acceptors (Lipinski definition) is 3. The molecule has 6 nitrogen and oxygen atoms in total. The number of aliphatic carboxylic acids is 1. The highest BCUT2D eigenvalue weighted by atomic mass is 16.5. The third-order valence-corrected chi connectivity index (χ3v) is 2.88. The molecule has 1 atom stereocenters. The van der Waals surface area contributed by atoms with E-state index >= 15 is 0 Å². The number of rotatable bonds is 5. The number of fused-ring (bicyclic) bond motifs is 1. The van der Waals surface area contributed by atoms with Crippen LogP contribution in [-0.4, -0.2) is 28.2 Å². The Morgan fingerprint density at radius 2 is 2.20 bits per heavy atom. The molecule has 2 aromatic rings. The van der Waals surface area contributed by atoms with Gasteiger partial charge in [0.05, 0.1) is 6.26 Å². The summed E-state index contributed by atoms with van der Waals surface area (Å²) in [6.07, 6.45) is 2.00. The molecule has 104 valence electrons. The molecule has 0 aliphatic rings. The Hall–Kier alpha value is -2.76. The van der Waals surface area contributed by atoms with Crippen molar-refractivity contribution in [3.8, 4) is 0 Å². The van der Waals surface area contributed by atoms with Gasteiger partial charge >= 0.3 is 12.1 Å². The third-order valence-electron chi connectivity index (χ3n) is 2.88. The van der Waals surface area contributed by atoms with Crippen LogP contribution in [-0.2, 0) is 16.0 Å². The number of para-hydroxylation sites is 1. The van der Waals surface area contributed by atoms with Crippen molar-refractivity contribution in [2.45, 2.75) is 12.5 Å². The normalized spacial score (nSPS) is 11.8. The Morgan fingerprint density at radius 1 is 1.45 bits per heavy atom. The minimum absolute atomic E-state index is 0.158.